The van der Waals surface area contributed by atoms with E-state index in [1.807, 2.05) is 38.1 Å². The van der Waals surface area contributed by atoms with Crippen LogP contribution >= 0.6 is 0 Å². The van der Waals surface area contributed by atoms with Crippen LogP contribution in [0.2, 0.25) is 0 Å². The molecule has 1 atom stereocenters. The molecule has 0 fully saturated rings. The van der Waals surface area contributed by atoms with Crippen molar-refractivity contribution in [2.24, 2.45) is 0 Å². The third-order valence-electron chi connectivity index (χ3n) is 4.50. The van der Waals surface area contributed by atoms with Gasteiger partial charge in [-0.25, -0.2) is 0 Å². The molecule has 28 heavy (non-hydrogen) atoms. The molecule has 5 nitrogen and oxygen atoms in total. The minimum absolute atomic E-state index is 0.0678. The molecule has 0 aliphatic carbocycles. The van der Waals surface area contributed by atoms with Gasteiger partial charge in [-0.05, 0) is 49.2 Å². The van der Waals surface area contributed by atoms with Crippen LogP contribution in [-0.4, -0.2) is 16.8 Å². The lowest BCUT2D eigenvalue weighted by atomic mass is 10.0. The number of nitrogens with zero attached hydrogens (tertiary/aromatic N) is 1. The van der Waals surface area contributed by atoms with Gasteiger partial charge < -0.3 is 10.6 Å². The molecule has 0 spiro atoms. The number of carbonyl (C=O) groups excluding carboxylic acids is 2. The van der Waals surface area contributed by atoms with Gasteiger partial charge in [0.15, 0.2) is 0 Å². The predicted molar refractivity (Wildman–Crippen MR) is 110 cm³/mol. The fourth-order valence-corrected chi connectivity index (χ4v) is 2.90. The molecule has 0 unspecified atom stereocenters. The maximum atomic E-state index is 12.7. The second-order valence-electron chi connectivity index (χ2n) is 6.62. The summed E-state index contributed by atoms with van der Waals surface area (Å²) in [5.41, 5.74) is 3.77. The lowest BCUT2D eigenvalue weighted by Gasteiger charge is -2.18. The molecule has 0 saturated heterocycles. The van der Waals surface area contributed by atoms with Crippen LogP contribution in [0, 0.1) is 6.92 Å². The summed E-state index contributed by atoms with van der Waals surface area (Å²) in [6, 6.07) is 18.4. The lowest BCUT2D eigenvalue weighted by Crippen LogP contribution is -2.28. The van der Waals surface area contributed by atoms with E-state index >= 15 is 0 Å². The van der Waals surface area contributed by atoms with Gasteiger partial charge in [-0.3, -0.25) is 14.6 Å². The number of amides is 2. The van der Waals surface area contributed by atoms with Gasteiger partial charge >= 0.3 is 0 Å². The summed E-state index contributed by atoms with van der Waals surface area (Å²) in [5, 5.41) is 5.87. The first-order valence-corrected chi connectivity index (χ1v) is 9.25. The Morgan fingerprint density at radius 3 is 2.39 bits per heavy atom. The van der Waals surface area contributed by atoms with Gasteiger partial charge in [0.05, 0.1) is 11.6 Å². The number of benzene rings is 2. The van der Waals surface area contributed by atoms with Crippen molar-refractivity contribution in [3.63, 3.8) is 0 Å². The Kier molecular flexibility index (Phi) is 6.17. The van der Waals surface area contributed by atoms with E-state index in [2.05, 4.69) is 15.6 Å². The molecule has 0 aliphatic heterocycles. The zero-order valence-electron chi connectivity index (χ0n) is 16.0. The van der Waals surface area contributed by atoms with Crippen LogP contribution < -0.4 is 10.6 Å². The molecule has 3 rings (SSSR count). The number of rotatable bonds is 6. The summed E-state index contributed by atoms with van der Waals surface area (Å²) < 4.78 is 0. The second-order valence-corrected chi connectivity index (χ2v) is 6.62. The Labute approximate surface area is 164 Å². The van der Waals surface area contributed by atoms with Crippen molar-refractivity contribution < 1.29 is 9.59 Å². The number of hydrogen-bond donors (Lipinski definition) is 2. The highest BCUT2D eigenvalue weighted by Crippen LogP contribution is 2.19. The number of aromatic nitrogens is 1. The van der Waals surface area contributed by atoms with Gasteiger partial charge in [-0.2, -0.15) is 0 Å². The predicted octanol–water partition coefficient (Wildman–Crippen LogP) is 4.52. The van der Waals surface area contributed by atoms with Crippen molar-refractivity contribution in [2.75, 3.05) is 5.32 Å². The number of aryl methyl sites for hydroxylation is 1. The van der Waals surface area contributed by atoms with Gasteiger partial charge in [0, 0.05) is 23.6 Å². The maximum Gasteiger partial charge on any atom is 0.257 e. The van der Waals surface area contributed by atoms with Crippen molar-refractivity contribution in [1.82, 2.24) is 10.3 Å². The van der Waals surface area contributed by atoms with Gasteiger partial charge in [0.2, 0.25) is 0 Å². The fraction of sp³-hybridized carbons (Fsp3) is 0.174. The Morgan fingerprint density at radius 2 is 1.71 bits per heavy atom. The number of pyridine rings is 1. The highest BCUT2D eigenvalue weighted by atomic mass is 16.2. The van der Waals surface area contributed by atoms with Crippen LogP contribution in [0.5, 0.6) is 0 Å². The summed E-state index contributed by atoms with van der Waals surface area (Å²) in [7, 11) is 0. The zero-order chi connectivity index (χ0) is 19.9. The molecule has 2 amide bonds. The van der Waals surface area contributed by atoms with E-state index in [4.69, 9.17) is 0 Å². The number of anilines is 1. The van der Waals surface area contributed by atoms with Gasteiger partial charge in [-0.15, -0.1) is 0 Å². The first-order valence-electron chi connectivity index (χ1n) is 9.25. The fourth-order valence-electron chi connectivity index (χ4n) is 2.90. The van der Waals surface area contributed by atoms with E-state index in [1.54, 1.807) is 42.6 Å². The minimum Gasteiger partial charge on any atom is -0.345 e. The Balaban J connectivity index is 1.71. The van der Waals surface area contributed by atoms with Crippen molar-refractivity contribution in [3.05, 3.63) is 95.3 Å². The average Bonchev–Trinajstić information content (AvgIpc) is 2.73. The molecule has 3 aromatic rings. The molecule has 0 radical (unpaired) electrons. The van der Waals surface area contributed by atoms with Crippen LogP contribution in [0.1, 0.15) is 51.2 Å². The summed E-state index contributed by atoms with van der Waals surface area (Å²) in [6.45, 7) is 4.07. The van der Waals surface area contributed by atoms with Crippen LogP contribution in [0.15, 0.2) is 73.1 Å². The third kappa shape index (κ3) is 4.82. The van der Waals surface area contributed by atoms with E-state index in [0.29, 0.717) is 16.8 Å². The first kappa shape index (κ1) is 19.3. The average molecular weight is 373 g/mol. The van der Waals surface area contributed by atoms with Crippen molar-refractivity contribution in [2.45, 2.75) is 26.3 Å². The van der Waals surface area contributed by atoms with E-state index in [9.17, 15) is 9.59 Å². The highest BCUT2D eigenvalue weighted by Gasteiger charge is 2.15. The molecule has 1 aromatic heterocycles. The molecule has 0 aliphatic rings. The molecular formula is C23H23N3O2. The monoisotopic (exact) mass is 373 g/mol. The number of carbonyl (C=O) groups is 2. The number of nitrogens with one attached hydrogen (secondary N) is 2. The van der Waals surface area contributed by atoms with E-state index in [-0.39, 0.29) is 17.9 Å². The first-order chi connectivity index (χ1) is 13.6. The summed E-state index contributed by atoms with van der Waals surface area (Å²) in [6.07, 6.45) is 3.89. The van der Waals surface area contributed by atoms with E-state index < -0.39 is 0 Å². The standard InChI is InChI=1S/C23H23N3O2/c1-3-21(17-11-9-16(2)10-12-17)26-22(27)18-6-4-8-20(14-18)25-23(28)19-7-5-13-24-15-19/h4-15,21H,3H2,1-2H3,(H,25,28)(H,26,27)/t21-/m1/s1. The molecule has 142 valence electrons. The quantitative estimate of drug-likeness (QED) is 0.667. The van der Waals surface area contributed by atoms with Gasteiger partial charge in [0.1, 0.15) is 0 Å². The highest BCUT2D eigenvalue weighted by molar-refractivity contribution is 6.04. The van der Waals surface area contributed by atoms with Crippen molar-refractivity contribution in [1.29, 1.82) is 0 Å². The summed E-state index contributed by atoms with van der Waals surface area (Å²) in [5.74, 6) is -0.443. The molecule has 0 saturated carbocycles. The van der Waals surface area contributed by atoms with E-state index in [1.165, 1.54) is 11.8 Å². The van der Waals surface area contributed by atoms with Gasteiger partial charge in [0.25, 0.3) is 11.8 Å². The Hall–Kier alpha value is -3.47. The zero-order valence-corrected chi connectivity index (χ0v) is 16.0. The van der Waals surface area contributed by atoms with Crippen molar-refractivity contribution >= 4 is 17.5 Å². The topological polar surface area (TPSA) is 71.1 Å². The molecule has 1 heterocycles. The molecule has 5 heteroatoms. The largest absolute Gasteiger partial charge is 0.345 e. The summed E-state index contributed by atoms with van der Waals surface area (Å²) in [4.78, 5) is 29.0. The second kappa shape index (κ2) is 8.95. The molecular weight excluding hydrogens is 350 g/mol. The number of hydrogen-bond acceptors (Lipinski definition) is 3. The normalized spacial score (nSPS) is 11.5. The van der Waals surface area contributed by atoms with Crippen molar-refractivity contribution in [3.8, 4) is 0 Å². The minimum atomic E-state index is -0.267. The van der Waals surface area contributed by atoms with Gasteiger partial charge in [-0.1, -0.05) is 42.8 Å². The SMILES string of the molecule is CC[C@@H](NC(=O)c1cccc(NC(=O)c2cccnc2)c1)c1ccc(C)cc1. The third-order valence-corrected chi connectivity index (χ3v) is 4.50. The van der Waals surface area contributed by atoms with E-state index in [0.717, 1.165) is 12.0 Å². The molecule has 2 N–H and O–H groups in total. The van der Waals surface area contributed by atoms with Crippen LogP contribution in [-0.2, 0) is 0 Å². The lowest BCUT2D eigenvalue weighted by molar-refractivity contribution is 0.0934. The summed E-state index contributed by atoms with van der Waals surface area (Å²) >= 11 is 0. The van der Waals surface area contributed by atoms with Crippen LogP contribution in [0.25, 0.3) is 0 Å². The van der Waals surface area contributed by atoms with Crippen LogP contribution in [0.4, 0.5) is 5.69 Å². The van der Waals surface area contributed by atoms with Crippen LogP contribution in [0.3, 0.4) is 0 Å². The molecule has 0 bridgehead atoms. The molecule has 2 aromatic carbocycles. The Bertz CT molecular complexity index is 953. The smallest absolute Gasteiger partial charge is 0.257 e. The maximum absolute atomic E-state index is 12.7. The Morgan fingerprint density at radius 1 is 0.964 bits per heavy atom.